The average molecular weight is 391 g/mol. The Bertz CT molecular complexity index is 1160. The summed E-state index contributed by atoms with van der Waals surface area (Å²) in [6, 6.07) is 13.2. The molecule has 6 nitrogen and oxygen atoms in total. The minimum Gasteiger partial charge on any atom is -0.444 e. The number of nitrogens with zero attached hydrogens (tertiary/aromatic N) is 2. The predicted octanol–water partition coefficient (Wildman–Crippen LogP) is 4.68. The summed E-state index contributed by atoms with van der Waals surface area (Å²) in [5.41, 5.74) is 1.99. The molecule has 1 amide bonds. The van der Waals surface area contributed by atoms with Gasteiger partial charge < -0.3 is 14.2 Å². The van der Waals surface area contributed by atoms with Crippen LogP contribution in [0.3, 0.4) is 0 Å². The summed E-state index contributed by atoms with van der Waals surface area (Å²) in [6.07, 6.45) is 1.45. The zero-order valence-corrected chi connectivity index (χ0v) is 15.9. The van der Waals surface area contributed by atoms with Crippen LogP contribution in [0.25, 0.3) is 22.8 Å². The van der Waals surface area contributed by atoms with Crippen LogP contribution in [0, 0.1) is 19.7 Å². The molecule has 0 saturated heterocycles. The molecule has 0 radical (unpaired) electrons. The fourth-order valence-electron chi connectivity index (χ4n) is 2.92. The molecule has 0 saturated carbocycles. The summed E-state index contributed by atoms with van der Waals surface area (Å²) in [4.78, 5) is 21.2. The molecule has 0 atom stereocenters. The van der Waals surface area contributed by atoms with Crippen LogP contribution in [0.1, 0.15) is 27.7 Å². The van der Waals surface area contributed by atoms with Gasteiger partial charge in [-0.05, 0) is 38.1 Å². The first kappa shape index (κ1) is 18.6. The Morgan fingerprint density at radius 1 is 1.03 bits per heavy atom. The number of benzene rings is 2. The highest BCUT2D eigenvalue weighted by Gasteiger charge is 2.18. The molecule has 2 heterocycles. The van der Waals surface area contributed by atoms with Crippen LogP contribution in [0.4, 0.5) is 4.39 Å². The second-order valence-corrected chi connectivity index (χ2v) is 6.49. The lowest BCUT2D eigenvalue weighted by Gasteiger charge is -2.07. The monoisotopic (exact) mass is 391 g/mol. The maximum Gasteiger partial charge on any atom is 0.252 e. The molecule has 0 spiro atoms. The average Bonchev–Trinajstić information content (AvgIpc) is 3.33. The molecule has 0 bridgehead atoms. The Morgan fingerprint density at radius 2 is 1.76 bits per heavy atom. The standard InChI is InChI=1S/C22H18FN3O3/c1-13-14(2)28-20(26-13)12-24-21(27)15-7-3-4-8-16(15)22-25-11-19(29-22)17-9-5-6-10-18(17)23/h3-11H,12H2,1-2H3,(H,24,27). The third-order valence-corrected chi connectivity index (χ3v) is 4.52. The van der Waals surface area contributed by atoms with Crippen LogP contribution in [-0.4, -0.2) is 15.9 Å². The number of nitrogens with one attached hydrogen (secondary N) is 1. The maximum atomic E-state index is 14.0. The highest BCUT2D eigenvalue weighted by molar-refractivity contribution is 5.99. The molecule has 0 aliphatic rings. The van der Waals surface area contributed by atoms with E-state index in [1.54, 1.807) is 42.5 Å². The Kier molecular flexibility index (Phi) is 4.95. The molecule has 1 N–H and O–H groups in total. The lowest BCUT2D eigenvalue weighted by molar-refractivity contribution is 0.0947. The van der Waals surface area contributed by atoms with Gasteiger partial charge in [-0.2, -0.15) is 0 Å². The lowest BCUT2D eigenvalue weighted by Crippen LogP contribution is -2.23. The summed E-state index contributed by atoms with van der Waals surface area (Å²) < 4.78 is 25.3. The van der Waals surface area contributed by atoms with E-state index in [9.17, 15) is 9.18 Å². The van der Waals surface area contributed by atoms with Gasteiger partial charge in [0.15, 0.2) is 5.76 Å². The third kappa shape index (κ3) is 3.80. The molecular weight excluding hydrogens is 373 g/mol. The van der Waals surface area contributed by atoms with Gasteiger partial charge in [-0.3, -0.25) is 4.79 Å². The van der Waals surface area contributed by atoms with Gasteiger partial charge in [-0.25, -0.2) is 14.4 Å². The van der Waals surface area contributed by atoms with Crippen molar-refractivity contribution >= 4 is 5.91 Å². The minimum atomic E-state index is -0.405. The number of aryl methyl sites for hydroxylation is 2. The topological polar surface area (TPSA) is 81.2 Å². The summed E-state index contributed by atoms with van der Waals surface area (Å²) in [5, 5.41) is 2.79. The lowest BCUT2D eigenvalue weighted by atomic mass is 10.1. The number of oxazole rings is 2. The summed E-state index contributed by atoms with van der Waals surface area (Å²) >= 11 is 0. The number of halogens is 1. The van der Waals surface area contributed by atoms with Crippen LogP contribution in [0.5, 0.6) is 0 Å². The molecule has 4 rings (SSSR count). The zero-order valence-electron chi connectivity index (χ0n) is 15.9. The van der Waals surface area contributed by atoms with Crippen molar-refractivity contribution in [1.29, 1.82) is 0 Å². The molecular formula is C22H18FN3O3. The smallest absolute Gasteiger partial charge is 0.252 e. The van der Waals surface area contributed by atoms with Gasteiger partial charge in [0.2, 0.25) is 11.8 Å². The van der Waals surface area contributed by atoms with Crippen molar-refractivity contribution in [2.75, 3.05) is 0 Å². The SMILES string of the molecule is Cc1nc(CNC(=O)c2ccccc2-c2ncc(-c3ccccc3F)o2)oc1C. The normalized spacial score (nSPS) is 10.9. The van der Waals surface area contributed by atoms with Gasteiger partial charge in [0.05, 0.1) is 29.6 Å². The van der Waals surface area contributed by atoms with Crippen LogP contribution in [0.15, 0.2) is 63.6 Å². The van der Waals surface area contributed by atoms with Crippen LogP contribution in [0.2, 0.25) is 0 Å². The maximum absolute atomic E-state index is 14.0. The largest absolute Gasteiger partial charge is 0.444 e. The van der Waals surface area contributed by atoms with E-state index in [-0.39, 0.29) is 18.3 Å². The van der Waals surface area contributed by atoms with Crippen molar-refractivity contribution < 1.29 is 18.0 Å². The summed E-state index contributed by atoms with van der Waals surface area (Å²) in [7, 11) is 0. The van der Waals surface area contributed by atoms with Crippen molar-refractivity contribution in [2.24, 2.45) is 0 Å². The number of aromatic nitrogens is 2. The Morgan fingerprint density at radius 3 is 2.48 bits per heavy atom. The van der Waals surface area contributed by atoms with Crippen molar-refractivity contribution in [2.45, 2.75) is 20.4 Å². The predicted molar refractivity (Wildman–Crippen MR) is 104 cm³/mol. The summed E-state index contributed by atoms with van der Waals surface area (Å²) in [6.45, 7) is 3.82. The van der Waals surface area contributed by atoms with E-state index in [0.29, 0.717) is 28.3 Å². The number of hydrogen-bond acceptors (Lipinski definition) is 5. The Balaban J connectivity index is 1.58. The van der Waals surface area contributed by atoms with Crippen LogP contribution >= 0.6 is 0 Å². The highest BCUT2D eigenvalue weighted by atomic mass is 19.1. The number of amides is 1. The molecule has 146 valence electrons. The van der Waals surface area contributed by atoms with Crippen molar-refractivity contribution in [3.05, 3.63) is 83.5 Å². The Labute approximate surface area is 166 Å². The molecule has 0 unspecified atom stereocenters. The van der Waals surface area contributed by atoms with E-state index >= 15 is 0 Å². The van der Waals surface area contributed by atoms with Crippen molar-refractivity contribution in [3.8, 4) is 22.8 Å². The molecule has 2 aromatic heterocycles. The van der Waals surface area contributed by atoms with Crippen molar-refractivity contribution in [3.63, 3.8) is 0 Å². The van der Waals surface area contributed by atoms with E-state index in [1.165, 1.54) is 12.3 Å². The van der Waals surface area contributed by atoms with E-state index in [4.69, 9.17) is 8.83 Å². The highest BCUT2D eigenvalue weighted by Crippen LogP contribution is 2.29. The first-order valence-corrected chi connectivity index (χ1v) is 9.04. The van der Waals surface area contributed by atoms with Crippen LogP contribution < -0.4 is 5.32 Å². The molecule has 29 heavy (non-hydrogen) atoms. The molecule has 0 aliphatic carbocycles. The number of rotatable bonds is 5. The van der Waals surface area contributed by atoms with E-state index in [0.717, 1.165) is 11.5 Å². The van der Waals surface area contributed by atoms with Gasteiger partial charge in [0.1, 0.15) is 11.6 Å². The van der Waals surface area contributed by atoms with Crippen LogP contribution in [-0.2, 0) is 6.54 Å². The van der Waals surface area contributed by atoms with Gasteiger partial charge in [0, 0.05) is 5.56 Å². The quantitative estimate of drug-likeness (QED) is 0.534. The van der Waals surface area contributed by atoms with Gasteiger partial charge in [-0.1, -0.05) is 24.3 Å². The second kappa shape index (κ2) is 7.71. The third-order valence-electron chi connectivity index (χ3n) is 4.52. The first-order valence-electron chi connectivity index (χ1n) is 9.04. The zero-order chi connectivity index (χ0) is 20.4. The second-order valence-electron chi connectivity index (χ2n) is 6.49. The molecule has 0 aliphatic heterocycles. The summed E-state index contributed by atoms with van der Waals surface area (Å²) in [5.74, 6) is 0.951. The number of carbonyl (C=O) groups excluding carboxylic acids is 1. The Hall–Kier alpha value is -3.74. The fraction of sp³-hybridized carbons (Fsp3) is 0.136. The first-order chi connectivity index (χ1) is 14.0. The number of carbonyl (C=O) groups is 1. The van der Waals surface area contributed by atoms with E-state index in [1.807, 2.05) is 13.8 Å². The molecule has 7 heteroatoms. The van der Waals surface area contributed by atoms with E-state index < -0.39 is 5.82 Å². The van der Waals surface area contributed by atoms with Gasteiger partial charge in [-0.15, -0.1) is 0 Å². The molecule has 2 aromatic carbocycles. The molecule has 4 aromatic rings. The van der Waals surface area contributed by atoms with Gasteiger partial charge in [0.25, 0.3) is 5.91 Å². The molecule has 0 fully saturated rings. The van der Waals surface area contributed by atoms with Gasteiger partial charge >= 0.3 is 0 Å². The fourth-order valence-corrected chi connectivity index (χ4v) is 2.92. The van der Waals surface area contributed by atoms with E-state index in [2.05, 4.69) is 15.3 Å². The van der Waals surface area contributed by atoms with Crippen molar-refractivity contribution in [1.82, 2.24) is 15.3 Å². The minimum absolute atomic E-state index is 0.161. The number of hydrogen-bond donors (Lipinski definition) is 1.